The number of carbonyl (C=O) groups is 3. The Bertz CT molecular complexity index is 1070. The summed E-state index contributed by atoms with van der Waals surface area (Å²) < 4.78 is 15.3. The van der Waals surface area contributed by atoms with Gasteiger partial charge in [-0.2, -0.15) is 0 Å². The highest BCUT2D eigenvalue weighted by atomic mass is 16.5. The van der Waals surface area contributed by atoms with Gasteiger partial charge in [0.25, 0.3) is 5.91 Å². The zero-order valence-corrected chi connectivity index (χ0v) is 18.4. The maximum absolute atomic E-state index is 12.8. The molecule has 1 N–H and O–H groups in total. The van der Waals surface area contributed by atoms with Crippen LogP contribution in [0.4, 0.5) is 0 Å². The SMILES string of the molecule is COC(=O)c1ccc([C@H]2C(C(C)=O)=C(O)C(=O)N2CCc2ccc(OC)c(OC)c2)cc1. The van der Waals surface area contributed by atoms with Crippen LogP contribution in [0, 0.1) is 0 Å². The van der Waals surface area contributed by atoms with Crippen molar-refractivity contribution in [2.24, 2.45) is 0 Å². The molecule has 0 unspecified atom stereocenters. The minimum absolute atomic E-state index is 0.0353. The van der Waals surface area contributed by atoms with E-state index in [1.807, 2.05) is 12.1 Å². The van der Waals surface area contributed by atoms with Gasteiger partial charge in [-0.3, -0.25) is 9.59 Å². The molecule has 0 radical (unpaired) electrons. The molecule has 32 heavy (non-hydrogen) atoms. The Morgan fingerprint density at radius 3 is 2.22 bits per heavy atom. The monoisotopic (exact) mass is 439 g/mol. The third kappa shape index (κ3) is 4.30. The van der Waals surface area contributed by atoms with Gasteiger partial charge in [0.2, 0.25) is 0 Å². The number of aliphatic hydroxyl groups excluding tert-OH is 1. The number of ether oxygens (including phenoxy) is 3. The van der Waals surface area contributed by atoms with E-state index in [9.17, 15) is 19.5 Å². The van der Waals surface area contributed by atoms with Crippen molar-refractivity contribution in [1.29, 1.82) is 0 Å². The Labute approximate surface area is 186 Å². The molecule has 0 aliphatic carbocycles. The van der Waals surface area contributed by atoms with Crippen molar-refractivity contribution >= 4 is 17.7 Å². The summed E-state index contributed by atoms with van der Waals surface area (Å²) in [5.41, 5.74) is 1.88. The fourth-order valence-electron chi connectivity index (χ4n) is 3.80. The van der Waals surface area contributed by atoms with Crippen LogP contribution in [0.25, 0.3) is 0 Å². The predicted molar refractivity (Wildman–Crippen MR) is 116 cm³/mol. The standard InChI is InChI=1S/C24H25NO7/c1-14(26)20-21(16-6-8-17(9-7-16)24(29)32-4)25(23(28)22(20)27)12-11-15-5-10-18(30-2)19(13-15)31-3/h5-10,13,21,27H,11-12H2,1-4H3/t21-/m0/s1. The van der Waals surface area contributed by atoms with Gasteiger partial charge < -0.3 is 24.2 Å². The molecule has 168 valence electrons. The molecule has 0 saturated heterocycles. The highest BCUT2D eigenvalue weighted by molar-refractivity contribution is 6.08. The molecule has 2 aromatic carbocycles. The minimum atomic E-state index is -0.758. The van der Waals surface area contributed by atoms with Gasteiger partial charge in [-0.15, -0.1) is 0 Å². The van der Waals surface area contributed by atoms with Crippen LogP contribution < -0.4 is 9.47 Å². The maximum Gasteiger partial charge on any atom is 0.337 e. The second-order valence-electron chi connectivity index (χ2n) is 7.27. The number of hydrogen-bond donors (Lipinski definition) is 1. The highest BCUT2D eigenvalue weighted by Crippen LogP contribution is 2.38. The molecule has 0 fully saturated rings. The zero-order chi connectivity index (χ0) is 23.4. The normalized spacial score (nSPS) is 15.7. The number of aliphatic hydroxyl groups is 1. The first-order chi connectivity index (χ1) is 15.3. The summed E-state index contributed by atoms with van der Waals surface area (Å²) in [4.78, 5) is 38.3. The molecule has 1 atom stereocenters. The van der Waals surface area contributed by atoms with E-state index in [2.05, 4.69) is 0 Å². The van der Waals surface area contributed by atoms with Gasteiger partial charge in [-0.05, 0) is 48.7 Å². The van der Waals surface area contributed by atoms with Crippen molar-refractivity contribution in [1.82, 2.24) is 4.90 Å². The summed E-state index contributed by atoms with van der Waals surface area (Å²) >= 11 is 0. The zero-order valence-electron chi connectivity index (χ0n) is 18.4. The van der Waals surface area contributed by atoms with Crippen molar-refractivity contribution < 1.29 is 33.7 Å². The lowest BCUT2D eigenvalue weighted by Crippen LogP contribution is -2.33. The lowest BCUT2D eigenvalue weighted by atomic mass is 9.95. The molecule has 0 aromatic heterocycles. The summed E-state index contributed by atoms with van der Waals surface area (Å²) in [6.07, 6.45) is 0.460. The maximum atomic E-state index is 12.8. The number of carbonyl (C=O) groups excluding carboxylic acids is 3. The van der Waals surface area contributed by atoms with Crippen LogP contribution in [-0.2, 0) is 20.7 Å². The Morgan fingerprint density at radius 1 is 1.00 bits per heavy atom. The summed E-state index contributed by atoms with van der Waals surface area (Å²) in [5, 5.41) is 10.4. The Morgan fingerprint density at radius 2 is 1.66 bits per heavy atom. The van der Waals surface area contributed by atoms with Crippen LogP contribution in [-0.4, -0.2) is 55.5 Å². The smallest absolute Gasteiger partial charge is 0.337 e. The first kappa shape index (κ1) is 22.9. The first-order valence-corrected chi connectivity index (χ1v) is 9.96. The topological polar surface area (TPSA) is 102 Å². The average molecular weight is 439 g/mol. The second-order valence-corrected chi connectivity index (χ2v) is 7.27. The lowest BCUT2D eigenvalue weighted by Gasteiger charge is -2.27. The molecule has 8 nitrogen and oxygen atoms in total. The second kappa shape index (κ2) is 9.55. The molecule has 0 bridgehead atoms. The summed E-state index contributed by atoms with van der Waals surface area (Å²) in [7, 11) is 4.38. The molecule has 1 aliphatic rings. The van der Waals surface area contributed by atoms with Gasteiger partial charge in [0.15, 0.2) is 23.0 Å². The van der Waals surface area contributed by atoms with Gasteiger partial charge in [0.1, 0.15) is 0 Å². The number of methoxy groups -OCH3 is 3. The molecule has 3 rings (SSSR count). The molecular formula is C24H25NO7. The van der Waals surface area contributed by atoms with E-state index in [-0.39, 0.29) is 12.1 Å². The third-order valence-corrected chi connectivity index (χ3v) is 5.42. The van der Waals surface area contributed by atoms with Crippen molar-refractivity contribution in [2.45, 2.75) is 19.4 Å². The average Bonchev–Trinajstić information content (AvgIpc) is 3.07. The Kier molecular flexibility index (Phi) is 6.82. The fourth-order valence-corrected chi connectivity index (χ4v) is 3.80. The van der Waals surface area contributed by atoms with Crippen LogP contribution >= 0.6 is 0 Å². The van der Waals surface area contributed by atoms with Crippen LogP contribution in [0.2, 0.25) is 0 Å². The van der Waals surface area contributed by atoms with E-state index in [1.54, 1.807) is 44.6 Å². The number of ketones is 1. The van der Waals surface area contributed by atoms with Crippen LogP contribution in [0.15, 0.2) is 53.8 Å². The van der Waals surface area contributed by atoms with E-state index < -0.39 is 29.5 Å². The quantitative estimate of drug-likeness (QED) is 0.631. The number of amides is 1. The molecule has 0 spiro atoms. The van der Waals surface area contributed by atoms with E-state index >= 15 is 0 Å². The van der Waals surface area contributed by atoms with Crippen molar-refractivity contribution in [3.8, 4) is 11.5 Å². The first-order valence-electron chi connectivity index (χ1n) is 9.96. The van der Waals surface area contributed by atoms with Crippen molar-refractivity contribution in [3.05, 3.63) is 70.5 Å². The van der Waals surface area contributed by atoms with Gasteiger partial charge in [-0.25, -0.2) is 4.79 Å². The van der Waals surface area contributed by atoms with Crippen molar-refractivity contribution in [3.63, 3.8) is 0 Å². The number of nitrogens with zero attached hydrogens (tertiary/aromatic N) is 1. The highest BCUT2D eigenvalue weighted by Gasteiger charge is 2.42. The number of benzene rings is 2. The van der Waals surface area contributed by atoms with E-state index in [0.29, 0.717) is 29.0 Å². The number of esters is 1. The van der Waals surface area contributed by atoms with E-state index in [4.69, 9.17) is 14.2 Å². The van der Waals surface area contributed by atoms with Gasteiger partial charge in [0, 0.05) is 6.54 Å². The molecule has 8 heteroatoms. The summed E-state index contributed by atoms with van der Waals surface area (Å²) in [5.74, 6) is -0.890. The molecule has 2 aromatic rings. The summed E-state index contributed by atoms with van der Waals surface area (Å²) in [6.45, 7) is 1.56. The largest absolute Gasteiger partial charge is 0.503 e. The van der Waals surface area contributed by atoms with Gasteiger partial charge in [0.05, 0.1) is 38.5 Å². The summed E-state index contributed by atoms with van der Waals surface area (Å²) in [6, 6.07) is 11.1. The van der Waals surface area contributed by atoms with Crippen molar-refractivity contribution in [2.75, 3.05) is 27.9 Å². The third-order valence-electron chi connectivity index (χ3n) is 5.42. The lowest BCUT2D eigenvalue weighted by molar-refractivity contribution is -0.129. The van der Waals surface area contributed by atoms with Crippen LogP contribution in [0.1, 0.15) is 34.5 Å². The molecular weight excluding hydrogens is 414 g/mol. The molecule has 0 saturated carbocycles. The van der Waals surface area contributed by atoms with Crippen LogP contribution in [0.5, 0.6) is 11.5 Å². The Balaban J connectivity index is 1.91. The number of Topliss-reactive ketones (excluding diaryl/α,β-unsaturated/α-hetero) is 1. The van der Waals surface area contributed by atoms with Gasteiger partial charge >= 0.3 is 5.97 Å². The minimum Gasteiger partial charge on any atom is -0.503 e. The number of rotatable bonds is 8. The van der Waals surface area contributed by atoms with Gasteiger partial charge in [-0.1, -0.05) is 18.2 Å². The Hall–Kier alpha value is -3.81. The van der Waals surface area contributed by atoms with E-state index in [1.165, 1.54) is 18.9 Å². The fraction of sp³-hybridized carbons (Fsp3) is 0.292. The van der Waals surface area contributed by atoms with E-state index in [0.717, 1.165) is 5.56 Å². The number of hydrogen-bond acceptors (Lipinski definition) is 7. The predicted octanol–water partition coefficient (Wildman–Crippen LogP) is 3.02. The van der Waals surface area contributed by atoms with Crippen LogP contribution in [0.3, 0.4) is 0 Å². The molecule has 1 heterocycles. The molecule has 1 aliphatic heterocycles. The molecule has 1 amide bonds.